The number of rotatable bonds is 10. The van der Waals surface area contributed by atoms with E-state index in [2.05, 4.69) is 50.9 Å². The number of piperidine rings is 1. The molecule has 3 heterocycles. The van der Waals surface area contributed by atoms with Gasteiger partial charge in [0.25, 0.3) is 0 Å². The molecule has 2 saturated heterocycles. The first kappa shape index (κ1) is 27.4. The third kappa shape index (κ3) is 6.67. The number of thiophene rings is 1. The van der Waals surface area contributed by atoms with Crippen LogP contribution in [0.5, 0.6) is 0 Å². The molecule has 0 spiro atoms. The molecule has 2 N–H and O–H groups in total. The molecule has 0 bridgehead atoms. The van der Waals surface area contributed by atoms with E-state index in [-0.39, 0.29) is 0 Å². The van der Waals surface area contributed by atoms with Gasteiger partial charge in [-0.3, -0.25) is 9.69 Å². The molecule has 0 radical (unpaired) electrons. The number of halogens is 1. The molecule has 3 atom stereocenters. The molecule has 5 rings (SSSR count). The number of hydrogen-bond acceptors (Lipinski definition) is 5. The Balaban J connectivity index is 1.21. The fourth-order valence-corrected chi connectivity index (χ4v) is 7.17. The Morgan fingerprint density at radius 2 is 1.79 bits per heavy atom. The van der Waals surface area contributed by atoms with Gasteiger partial charge < -0.3 is 15.1 Å². The van der Waals surface area contributed by atoms with E-state index in [4.69, 9.17) is 11.6 Å². The van der Waals surface area contributed by atoms with Crippen molar-refractivity contribution in [1.29, 1.82) is 0 Å². The van der Waals surface area contributed by atoms with Gasteiger partial charge in [0, 0.05) is 43.7 Å². The quantitative estimate of drug-likeness (QED) is 0.318. The summed E-state index contributed by atoms with van der Waals surface area (Å²) in [5.74, 6) is -0.194. The summed E-state index contributed by atoms with van der Waals surface area (Å²) in [5, 5.41) is 26.3. The zero-order chi connectivity index (χ0) is 26.5. The molecule has 1 aromatic heterocycles. The number of carboxylic acids is 1. The van der Waals surface area contributed by atoms with E-state index in [1.807, 2.05) is 18.2 Å². The van der Waals surface area contributed by atoms with Crippen molar-refractivity contribution in [3.63, 3.8) is 0 Å². The van der Waals surface area contributed by atoms with E-state index in [9.17, 15) is 15.0 Å². The molecule has 202 valence electrons. The fraction of sp³-hybridized carbons (Fsp3) is 0.452. The summed E-state index contributed by atoms with van der Waals surface area (Å²) >= 11 is 7.77. The number of hydrogen-bond donors (Lipinski definition) is 2. The molecule has 0 saturated carbocycles. The van der Waals surface area contributed by atoms with Crippen LogP contribution in [-0.2, 0) is 11.2 Å². The summed E-state index contributed by atoms with van der Waals surface area (Å²) < 4.78 is 0. The maximum Gasteiger partial charge on any atom is 0.325 e. The number of aryl methyl sites for hydroxylation is 1. The van der Waals surface area contributed by atoms with Crippen LogP contribution >= 0.6 is 22.9 Å². The largest absolute Gasteiger partial charge is 0.480 e. The van der Waals surface area contributed by atoms with Gasteiger partial charge >= 0.3 is 5.97 Å². The van der Waals surface area contributed by atoms with Crippen molar-refractivity contribution in [2.24, 2.45) is 5.92 Å². The van der Waals surface area contributed by atoms with Crippen LogP contribution in [0.15, 0.2) is 71.4 Å². The van der Waals surface area contributed by atoms with Gasteiger partial charge in [-0.1, -0.05) is 54.1 Å². The Labute approximate surface area is 234 Å². The number of aliphatic carboxylic acids is 1. The number of carbonyl (C=O) groups is 1. The summed E-state index contributed by atoms with van der Waals surface area (Å²) in [4.78, 5) is 17.0. The van der Waals surface area contributed by atoms with Crippen LogP contribution in [0, 0.1) is 5.92 Å². The van der Waals surface area contributed by atoms with Gasteiger partial charge in [-0.15, -0.1) is 0 Å². The molecular weight excluding hydrogens is 516 g/mol. The van der Waals surface area contributed by atoms with Crippen molar-refractivity contribution < 1.29 is 15.0 Å². The zero-order valence-corrected chi connectivity index (χ0v) is 23.3. The van der Waals surface area contributed by atoms with E-state index in [1.54, 1.807) is 23.5 Å². The molecule has 2 aliphatic heterocycles. The van der Waals surface area contributed by atoms with Crippen LogP contribution in [0.3, 0.4) is 0 Å². The maximum absolute atomic E-state index is 12.4. The smallest absolute Gasteiger partial charge is 0.325 e. The van der Waals surface area contributed by atoms with Crippen LogP contribution in [0.1, 0.15) is 54.3 Å². The Morgan fingerprint density at radius 1 is 1.05 bits per heavy atom. The first-order valence-electron chi connectivity index (χ1n) is 13.6. The first-order chi connectivity index (χ1) is 18.4. The highest BCUT2D eigenvalue weighted by Crippen LogP contribution is 2.39. The van der Waals surface area contributed by atoms with E-state index < -0.39 is 17.6 Å². The van der Waals surface area contributed by atoms with Crippen LogP contribution in [0.25, 0.3) is 0 Å². The molecule has 0 aliphatic carbocycles. The second-order valence-electron chi connectivity index (χ2n) is 11.0. The van der Waals surface area contributed by atoms with Crippen LogP contribution < -0.4 is 0 Å². The van der Waals surface area contributed by atoms with Crippen molar-refractivity contribution in [2.75, 3.05) is 32.7 Å². The molecule has 7 heteroatoms. The van der Waals surface area contributed by atoms with E-state index in [0.29, 0.717) is 16.9 Å². The molecule has 5 nitrogen and oxygen atoms in total. The monoisotopic (exact) mass is 552 g/mol. The van der Waals surface area contributed by atoms with E-state index in [0.717, 1.165) is 70.4 Å². The number of nitrogens with zero attached hydrogens (tertiary/aromatic N) is 2. The fourth-order valence-electron chi connectivity index (χ4n) is 6.32. The Kier molecular flexibility index (Phi) is 8.86. The Bertz CT molecular complexity index is 1160. The molecule has 2 aromatic carbocycles. The lowest BCUT2D eigenvalue weighted by Crippen LogP contribution is -2.46. The lowest BCUT2D eigenvalue weighted by molar-refractivity contribution is -0.143. The van der Waals surface area contributed by atoms with Gasteiger partial charge in [-0.25, -0.2) is 0 Å². The average Bonchev–Trinajstić information content (AvgIpc) is 3.58. The summed E-state index contributed by atoms with van der Waals surface area (Å²) in [6, 6.07) is 19.2. The highest BCUT2D eigenvalue weighted by Gasteiger charge is 2.42. The predicted molar refractivity (Wildman–Crippen MR) is 154 cm³/mol. The number of likely N-dealkylation sites (tertiary alicyclic amines) is 2. The molecule has 2 aliphatic rings. The number of aliphatic hydroxyl groups is 1. The second-order valence-corrected chi connectivity index (χ2v) is 12.3. The summed E-state index contributed by atoms with van der Waals surface area (Å²) in [6.07, 6.45) is 4.44. The maximum atomic E-state index is 12.4. The van der Waals surface area contributed by atoms with Crippen LogP contribution in [-0.4, -0.2) is 64.3 Å². The second kappa shape index (κ2) is 12.3. The topological polar surface area (TPSA) is 64.0 Å². The van der Waals surface area contributed by atoms with Crippen molar-refractivity contribution in [3.05, 3.63) is 93.1 Å². The van der Waals surface area contributed by atoms with Crippen LogP contribution in [0.2, 0.25) is 5.02 Å². The molecule has 38 heavy (non-hydrogen) atoms. The molecule has 0 amide bonds. The average molecular weight is 553 g/mol. The van der Waals surface area contributed by atoms with E-state index >= 15 is 0 Å². The van der Waals surface area contributed by atoms with Crippen molar-refractivity contribution in [3.8, 4) is 0 Å². The highest BCUT2D eigenvalue weighted by molar-refractivity contribution is 7.08. The van der Waals surface area contributed by atoms with Gasteiger partial charge in [0.2, 0.25) is 0 Å². The predicted octanol–water partition coefficient (Wildman–Crippen LogP) is 6.09. The number of carboxylic acid groups (broad SMARTS) is 1. The summed E-state index contributed by atoms with van der Waals surface area (Å²) in [7, 11) is 0. The third-order valence-electron chi connectivity index (χ3n) is 8.46. The minimum absolute atomic E-state index is 0.294. The highest BCUT2D eigenvalue weighted by atomic mass is 35.5. The summed E-state index contributed by atoms with van der Waals surface area (Å²) in [6.45, 7) is 4.14. The van der Waals surface area contributed by atoms with Gasteiger partial charge in [-0.05, 0) is 83.7 Å². The first-order valence-corrected chi connectivity index (χ1v) is 15.0. The van der Waals surface area contributed by atoms with E-state index in [1.165, 1.54) is 11.1 Å². The zero-order valence-electron chi connectivity index (χ0n) is 21.7. The van der Waals surface area contributed by atoms with Gasteiger partial charge in [0.1, 0.15) is 6.04 Å². The van der Waals surface area contributed by atoms with Crippen molar-refractivity contribution >= 4 is 28.9 Å². The van der Waals surface area contributed by atoms with Gasteiger partial charge in [0.15, 0.2) is 0 Å². The SMILES string of the molecule is O=C(O)C(c1ccc(Cl)cc1)N1C[C@@H](CN2CCC(O)(CCCc3ccccc3)CC2)[C@H](c2ccsc2)C1. The minimum Gasteiger partial charge on any atom is -0.480 e. The minimum atomic E-state index is -0.824. The molecule has 3 aromatic rings. The Morgan fingerprint density at radius 3 is 2.45 bits per heavy atom. The molecule has 2 fully saturated rings. The van der Waals surface area contributed by atoms with Crippen molar-refractivity contribution in [2.45, 2.75) is 49.7 Å². The molecular formula is C31H37ClN2O3S. The lowest BCUT2D eigenvalue weighted by Gasteiger charge is -2.40. The standard InChI is InChI=1S/C31H37ClN2O3S/c32-27-10-8-24(9-11-27)29(30(35)36)34-20-26(28(21-34)25-12-18-38-22-25)19-33-16-14-31(37,15-17-33)13-4-7-23-5-2-1-3-6-23/h1-3,5-6,8-12,18,22,26,28-29,37H,4,7,13-17,19-21H2,(H,35,36)/t26-,28+,29?/m1/s1. The van der Waals surface area contributed by atoms with Crippen LogP contribution in [0.4, 0.5) is 0 Å². The van der Waals surface area contributed by atoms with Gasteiger partial charge in [-0.2, -0.15) is 11.3 Å². The summed E-state index contributed by atoms with van der Waals surface area (Å²) in [5.41, 5.74) is 2.82. The number of benzene rings is 2. The molecule has 1 unspecified atom stereocenters. The van der Waals surface area contributed by atoms with Crippen molar-refractivity contribution in [1.82, 2.24) is 9.80 Å². The normalized spacial score (nSPS) is 22.9. The van der Waals surface area contributed by atoms with Gasteiger partial charge in [0.05, 0.1) is 5.60 Å². The third-order valence-corrected chi connectivity index (χ3v) is 9.41. The lowest BCUT2D eigenvalue weighted by atomic mass is 9.84. The Hall–Kier alpha value is -2.22.